The molecule has 14 heteroatoms. The second kappa shape index (κ2) is 15.9. The van der Waals surface area contributed by atoms with Crippen molar-refractivity contribution in [3.63, 3.8) is 0 Å². The van der Waals surface area contributed by atoms with E-state index in [1.807, 2.05) is 35.4 Å². The van der Waals surface area contributed by atoms with Crippen molar-refractivity contribution in [1.82, 2.24) is 14.5 Å². The van der Waals surface area contributed by atoms with Gasteiger partial charge in [-0.05, 0) is 60.5 Å². The molecule has 4 aromatic rings. The van der Waals surface area contributed by atoms with Gasteiger partial charge >= 0.3 is 18.3 Å². The Labute approximate surface area is 280 Å². The number of esters is 1. The van der Waals surface area contributed by atoms with Crippen molar-refractivity contribution >= 4 is 28.5 Å². The molecule has 0 atom stereocenters. The number of anilines is 2. The van der Waals surface area contributed by atoms with Crippen molar-refractivity contribution in [3.8, 4) is 0 Å². The van der Waals surface area contributed by atoms with Crippen LogP contribution in [0.1, 0.15) is 61.3 Å². The van der Waals surface area contributed by atoms with E-state index >= 15 is 0 Å². The highest BCUT2D eigenvalue weighted by atomic mass is 19.4. The number of carbonyl (C=O) groups excluding carboxylic acids is 1. The fourth-order valence-corrected chi connectivity index (χ4v) is 5.99. The van der Waals surface area contributed by atoms with Gasteiger partial charge in [0, 0.05) is 45.3 Å². The summed E-state index contributed by atoms with van der Waals surface area (Å²) in [5.74, 6) is -0.0349. The average Bonchev–Trinajstić information content (AvgIpc) is 3.49. The number of aromatic nitrogens is 3. The second-order valence-electron chi connectivity index (χ2n) is 11.9. The number of morpholine rings is 1. The first-order valence-corrected chi connectivity index (χ1v) is 16.3. The van der Waals surface area contributed by atoms with Gasteiger partial charge in [0.1, 0.15) is 0 Å². The summed E-state index contributed by atoms with van der Waals surface area (Å²) in [6.45, 7) is 5.01. The van der Waals surface area contributed by atoms with Crippen LogP contribution in [0.5, 0.6) is 0 Å². The number of carbonyl (C=O) groups is 1. The van der Waals surface area contributed by atoms with Crippen LogP contribution >= 0.6 is 0 Å². The molecule has 0 saturated carbocycles. The summed E-state index contributed by atoms with van der Waals surface area (Å²) in [5, 5.41) is 0.946. The first-order valence-electron chi connectivity index (χ1n) is 16.3. The molecule has 0 aliphatic carbocycles. The lowest BCUT2D eigenvalue weighted by molar-refractivity contribution is -0.144. The van der Waals surface area contributed by atoms with E-state index in [4.69, 9.17) is 9.47 Å². The van der Waals surface area contributed by atoms with Gasteiger partial charge in [-0.1, -0.05) is 31.0 Å². The van der Waals surface area contributed by atoms with Crippen LogP contribution in [0.2, 0.25) is 0 Å². The molecule has 0 radical (unpaired) electrons. The number of aryl methyl sites for hydroxylation is 1. The fourth-order valence-electron chi connectivity index (χ4n) is 5.99. The number of rotatable bonds is 14. The number of hydrogen-bond acceptors (Lipinski definition) is 7. The molecular formula is C35H39F6N5O3. The summed E-state index contributed by atoms with van der Waals surface area (Å²) in [6, 6.07) is 9.30. The van der Waals surface area contributed by atoms with E-state index in [1.165, 1.54) is 0 Å². The molecule has 2 aromatic heterocycles. The predicted octanol–water partition coefficient (Wildman–Crippen LogP) is 8.03. The SMILES string of the molecule is CCOC(=O)CCCCCCn1ccc2cccc(CN(Cc3cc(C(F)(F)F)cc(C(F)(F)F)c3)c3ncc(N4CCOCC4)cn3)c21. The first-order chi connectivity index (χ1) is 23.4. The third kappa shape index (κ3) is 9.64. The van der Waals surface area contributed by atoms with E-state index in [2.05, 4.69) is 14.5 Å². The van der Waals surface area contributed by atoms with Crippen molar-refractivity contribution in [1.29, 1.82) is 0 Å². The van der Waals surface area contributed by atoms with Crippen molar-refractivity contribution in [2.75, 3.05) is 42.7 Å². The number of unbranched alkanes of at least 4 members (excludes halogenated alkanes) is 3. The van der Waals surface area contributed by atoms with Gasteiger partial charge in [0.2, 0.25) is 5.95 Å². The van der Waals surface area contributed by atoms with Crippen molar-refractivity contribution in [3.05, 3.63) is 83.3 Å². The molecule has 2 aromatic carbocycles. The molecule has 0 unspecified atom stereocenters. The lowest BCUT2D eigenvalue weighted by Gasteiger charge is -2.29. The number of ether oxygens (including phenoxy) is 2. The lowest BCUT2D eigenvalue weighted by Crippen LogP contribution is -2.36. The minimum atomic E-state index is -4.97. The molecule has 0 bridgehead atoms. The highest BCUT2D eigenvalue weighted by Crippen LogP contribution is 2.37. The van der Waals surface area contributed by atoms with Crippen LogP contribution < -0.4 is 9.80 Å². The van der Waals surface area contributed by atoms with Crippen molar-refractivity contribution < 1.29 is 40.6 Å². The molecule has 264 valence electrons. The maximum Gasteiger partial charge on any atom is 0.416 e. The van der Waals surface area contributed by atoms with Crippen LogP contribution in [0.4, 0.5) is 38.0 Å². The van der Waals surface area contributed by atoms with Crippen LogP contribution in [0.15, 0.2) is 61.1 Å². The summed E-state index contributed by atoms with van der Waals surface area (Å²) in [7, 11) is 0. The summed E-state index contributed by atoms with van der Waals surface area (Å²) in [5.41, 5.74) is -0.465. The number of benzene rings is 2. The minimum Gasteiger partial charge on any atom is -0.466 e. The largest absolute Gasteiger partial charge is 0.466 e. The lowest BCUT2D eigenvalue weighted by atomic mass is 10.0. The molecule has 1 fully saturated rings. The number of alkyl halides is 6. The molecule has 1 saturated heterocycles. The Hall–Kier alpha value is -4.33. The molecule has 49 heavy (non-hydrogen) atoms. The molecule has 5 rings (SSSR count). The standard InChI is InChI=1S/C35H39F6N5O3/c1-2-49-31(47)10-5-3-4-6-12-45-13-11-26-8-7-9-27(32(26)45)24-46(33-42-21-30(22-43-33)44-14-16-48-17-15-44)23-25-18-28(34(36,37)38)20-29(19-25)35(39,40)41/h7-9,11,13,18-22H,2-6,10,12,14-17,23-24H2,1H3. The Morgan fingerprint density at radius 3 is 2.22 bits per heavy atom. The Bertz CT molecular complexity index is 1650. The van der Waals surface area contributed by atoms with Gasteiger partial charge in [-0.25, -0.2) is 9.97 Å². The fraction of sp³-hybridized carbons (Fsp3) is 0.457. The average molecular weight is 692 g/mol. The van der Waals surface area contributed by atoms with Crippen LogP contribution in [0, 0.1) is 0 Å². The van der Waals surface area contributed by atoms with Crippen molar-refractivity contribution in [2.24, 2.45) is 0 Å². The summed E-state index contributed by atoms with van der Waals surface area (Å²) in [4.78, 5) is 24.3. The predicted molar refractivity (Wildman–Crippen MR) is 173 cm³/mol. The van der Waals surface area contributed by atoms with Gasteiger partial charge in [-0.2, -0.15) is 26.3 Å². The normalized spacial score (nSPS) is 14.0. The third-order valence-corrected chi connectivity index (χ3v) is 8.37. The maximum absolute atomic E-state index is 13.7. The molecule has 1 aliphatic heterocycles. The Balaban J connectivity index is 1.42. The zero-order chi connectivity index (χ0) is 35.0. The smallest absolute Gasteiger partial charge is 0.416 e. The summed E-state index contributed by atoms with van der Waals surface area (Å²) >= 11 is 0. The Morgan fingerprint density at radius 2 is 1.57 bits per heavy atom. The van der Waals surface area contributed by atoms with Gasteiger partial charge in [0.15, 0.2) is 0 Å². The van der Waals surface area contributed by atoms with Gasteiger partial charge in [-0.15, -0.1) is 0 Å². The number of fused-ring (bicyclic) bond motifs is 1. The molecule has 3 heterocycles. The zero-order valence-corrected chi connectivity index (χ0v) is 27.2. The molecule has 1 aliphatic rings. The van der Waals surface area contributed by atoms with Crippen LogP contribution in [-0.2, 0) is 46.3 Å². The highest BCUT2D eigenvalue weighted by Gasteiger charge is 2.37. The molecule has 0 N–H and O–H groups in total. The molecule has 0 amide bonds. The van der Waals surface area contributed by atoms with E-state index in [1.54, 1.807) is 24.2 Å². The Morgan fingerprint density at radius 1 is 0.898 bits per heavy atom. The topological polar surface area (TPSA) is 72.7 Å². The van der Waals surface area contributed by atoms with E-state index < -0.39 is 23.5 Å². The van der Waals surface area contributed by atoms with Gasteiger partial charge in [-0.3, -0.25) is 4.79 Å². The third-order valence-electron chi connectivity index (χ3n) is 8.37. The van der Waals surface area contributed by atoms with Crippen LogP contribution in [0.3, 0.4) is 0 Å². The molecule has 0 spiro atoms. The van der Waals surface area contributed by atoms with E-state index in [0.29, 0.717) is 45.9 Å². The quantitative estimate of drug-likeness (QED) is 0.0754. The van der Waals surface area contributed by atoms with Gasteiger partial charge in [0.05, 0.1) is 54.5 Å². The van der Waals surface area contributed by atoms with E-state index in [9.17, 15) is 31.1 Å². The summed E-state index contributed by atoms with van der Waals surface area (Å²) < 4.78 is 94.9. The minimum absolute atomic E-state index is 0.120. The Kier molecular flexibility index (Phi) is 11.7. The van der Waals surface area contributed by atoms with E-state index in [0.717, 1.165) is 60.0 Å². The van der Waals surface area contributed by atoms with Gasteiger partial charge < -0.3 is 23.8 Å². The number of nitrogens with zero attached hydrogens (tertiary/aromatic N) is 5. The van der Waals surface area contributed by atoms with E-state index in [-0.39, 0.29) is 36.6 Å². The highest BCUT2D eigenvalue weighted by molar-refractivity contribution is 5.83. The second-order valence-corrected chi connectivity index (χ2v) is 11.9. The first kappa shape index (κ1) is 36.0. The zero-order valence-electron chi connectivity index (χ0n) is 27.2. The van der Waals surface area contributed by atoms with Crippen LogP contribution in [0.25, 0.3) is 10.9 Å². The maximum atomic E-state index is 13.7. The number of para-hydroxylation sites is 1. The van der Waals surface area contributed by atoms with Crippen LogP contribution in [-0.4, -0.2) is 53.4 Å². The molecule has 8 nitrogen and oxygen atoms in total. The molecular weight excluding hydrogens is 652 g/mol. The summed E-state index contributed by atoms with van der Waals surface area (Å²) in [6.07, 6.45) is -1.02. The van der Waals surface area contributed by atoms with Gasteiger partial charge in [0.25, 0.3) is 0 Å². The monoisotopic (exact) mass is 691 g/mol. The van der Waals surface area contributed by atoms with Crippen molar-refractivity contribution in [2.45, 2.75) is 71.0 Å². The number of hydrogen-bond donors (Lipinski definition) is 0. The number of halogens is 6.